The average molecular weight is 743 g/mol. The summed E-state index contributed by atoms with van der Waals surface area (Å²) in [7, 11) is 0. The van der Waals surface area contributed by atoms with E-state index in [1.165, 1.54) is 38.5 Å². The lowest BCUT2D eigenvalue weighted by molar-refractivity contribution is 0.670. The average Bonchev–Trinajstić information content (AvgIpc) is 3.84. The highest BCUT2D eigenvalue weighted by atomic mass is 16.3. The maximum atomic E-state index is 6.76. The number of rotatable bonds is 7. The van der Waals surface area contributed by atoms with Gasteiger partial charge in [0.2, 0.25) is 0 Å². The Balaban J connectivity index is 1.15. The summed E-state index contributed by atoms with van der Waals surface area (Å²) in [5.74, 6) is 0. The van der Waals surface area contributed by atoms with Gasteiger partial charge in [-0.15, -0.1) is 0 Å². The maximum Gasteiger partial charge on any atom is 0.143 e. The van der Waals surface area contributed by atoms with Crippen LogP contribution in [0, 0.1) is 6.92 Å². The molecule has 274 valence electrons. The van der Waals surface area contributed by atoms with Crippen molar-refractivity contribution >= 4 is 60.8 Å². The summed E-state index contributed by atoms with van der Waals surface area (Å²) in [5.41, 5.74) is 16.5. The molecule has 0 bridgehead atoms. The van der Waals surface area contributed by atoms with Gasteiger partial charge >= 0.3 is 0 Å². The smallest absolute Gasteiger partial charge is 0.143 e. The number of hydrogen-bond acceptors (Lipinski definition) is 2. The van der Waals surface area contributed by atoms with Crippen molar-refractivity contribution < 1.29 is 4.42 Å². The second kappa shape index (κ2) is 13.8. The van der Waals surface area contributed by atoms with Gasteiger partial charge in [-0.25, -0.2) is 0 Å². The molecule has 11 aromatic rings. The number of hydrogen-bond donors (Lipinski definition) is 0. The Morgan fingerprint density at radius 2 is 0.966 bits per heavy atom. The fourth-order valence-corrected chi connectivity index (χ4v) is 8.76. The minimum Gasteiger partial charge on any atom is -0.455 e. The molecule has 0 N–H and O–H groups in total. The largest absolute Gasteiger partial charge is 0.455 e. The lowest BCUT2D eigenvalue weighted by atomic mass is 9.95. The molecule has 0 saturated heterocycles. The highest BCUT2D eigenvalue weighted by Gasteiger charge is 2.23. The second-order valence-electron chi connectivity index (χ2n) is 15.0. The minimum absolute atomic E-state index is 0.873. The summed E-state index contributed by atoms with van der Waals surface area (Å²) >= 11 is 0. The first-order chi connectivity index (χ1) is 28.7. The lowest BCUT2D eigenvalue weighted by Crippen LogP contribution is -2.13. The molecular weight excluding hydrogens is 705 g/mol. The molecular formula is C55H38N2O. The van der Waals surface area contributed by atoms with Crippen LogP contribution in [0.15, 0.2) is 217 Å². The number of para-hydroxylation sites is 4. The Kier molecular flexibility index (Phi) is 8.04. The molecule has 0 aliphatic rings. The van der Waals surface area contributed by atoms with Gasteiger partial charge in [0.15, 0.2) is 0 Å². The number of nitrogens with zero attached hydrogens (tertiary/aromatic N) is 2. The molecule has 0 aliphatic carbocycles. The van der Waals surface area contributed by atoms with Gasteiger partial charge in [-0.05, 0) is 95.4 Å². The van der Waals surface area contributed by atoms with Crippen molar-refractivity contribution in [3.8, 4) is 39.1 Å². The molecule has 0 saturated carbocycles. The van der Waals surface area contributed by atoms with Crippen LogP contribution in [0.5, 0.6) is 0 Å². The van der Waals surface area contributed by atoms with E-state index in [-0.39, 0.29) is 0 Å². The quantitative estimate of drug-likeness (QED) is 0.162. The number of aryl methyl sites for hydroxylation is 1. The van der Waals surface area contributed by atoms with E-state index in [1.807, 2.05) is 6.07 Å². The first-order valence-corrected chi connectivity index (χ1v) is 19.8. The van der Waals surface area contributed by atoms with E-state index < -0.39 is 0 Å². The molecule has 3 nitrogen and oxygen atoms in total. The number of benzene rings is 9. The van der Waals surface area contributed by atoms with Gasteiger partial charge in [0.05, 0.1) is 16.7 Å². The van der Waals surface area contributed by atoms with E-state index in [4.69, 9.17) is 4.42 Å². The number of aromatic nitrogens is 1. The SMILES string of the molecule is Cc1ccccc1N(c1cc(-c2ccc(-n3c4ccccc4c4ccccc43)cc2)c2oc3ccccc3c2c1)c1ccc(-c2ccccc2)cc1-c1ccccc1. The van der Waals surface area contributed by atoms with Crippen molar-refractivity contribution in [3.05, 3.63) is 218 Å². The van der Waals surface area contributed by atoms with Gasteiger partial charge in [-0.3, -0.25) is 0 Å². The molecule has 2 heterocycles. The number of fused-ring (bicyclic) bond motifs is 6. The molecule has 0 spiro atoms. The topological polar surface area (TPSA) is 21.3 Å². The molecule has 58 heavy (non-hydrogen) atoms. The van der Waals surface area contributed by atoms with Gasteiger partial charge in [-0.1, -0.05) is 152 Å². The van der Waals surface area contributed by atoms with Crippen LogP contribution >= 0.6 is 0 Å². The Bertz CT molecular complexity index is 3230. The maximum absolute atomic E-state index is 6.76. The molecule has 0 radical (unpaired) electrons. The molecule has 0 aliphatic heterocycles. The Morgan fingerprint density at radius 3 is 1.67 bits per heavy atom. The third kappa shape index (κ3) is 5.59. The zero-order valence-electron chi connectivity index (χ0n) is 32.0. The van der Waals surface area contributed by atoms with Crippen LogP contribution in [0.4, 0.5) is 17.1 Å². The van der Waals surface area contributed by atoms with Gasteiger partial charge in [-0.2, -0.15) is 0 Å². The van der Waals surface area contributed by atoms with E-state index in [0.717, 1.165) is 66.9 Å². The third-order valence-electron chi connectivity index (χ3n) is 11.5. The van der Waals surface area contributed by atoms with E-state index in [1.54, 1.807) is 0 Å². The van der Waals surface area contributed by atoms with Gasteiger partial charge < -0.3 is 13.9 Å². The fourth-order valence-electron chi connectivity index (χ4n) is 8.76. The second-order valence-corrected chi connectivity index (χ2v) is 15.0. The molecule has 11 rings (SSSR count). The van der Waals surface area contributed by atoms with Crippen molar-refractivity contribution in [3.63, 3.8) is 0 Å². The van der Waals surface area contributed by atoms with Crippen molar-refractivity contribution in [1.29, 1.82) is 0 Å². The van der Waals surface area contributed by atoms with Crippen molar-refractivity contribution in [2.24, 2.45) is 0 Å². The fraction of sp³-hybridized carbons (Fsp3) is 0.0182. The van der Waals surface area contributed by atoms with E-state index in [0.29, 0.717) is 0 Å². The summed E-state index contributed by atoms with van der Waals surface area (Å²) in [5, 5.41) is 4.67. The molecule has 3 heteroatoms. The standard InChI is InChI=1S/C55H38N2O/c1-37-16-8-12-24-50(37)57(53-33-30-41(38-17-4-2-5-18-38)34-47(53)39-19-6-3-7-20-39)43-35-48(55-49(36-43)46-23-11-15-27-54(46)58-55)40-28-31-42(32-29-40)56-51-25-13-9-21-44(51)45-22-10-14-26-52(45)56/h2-36H,1H3. The normalized spacial score (nSPS) is 11.5. The first kappa shape index (κ1) is 33.7. The van der Waals surface area contributed by atoms with Crippen LogP contribution in [0.25, 0.3) is 82.8 Å². The van der Waals surface area contributed by atoms with Crippen LogP contribution < -0.4 is 4.90 Å². The Labute approximate surface area is 337 Å². The van der Waals surface area contributed by atoms with Crippen molar-refractivity contribution in [2.45, 2.75) is 6.92 Å². The molecule has 0 unspecified atom stereocenters. The first-order valence-electron chi connectivity index (χ1n) is 19.8. The van der Waals surface area contributed by atoms with E-state index >= 15 is 0 Å². The third-order valence-corrected chi connectivity index (χ3v) is 11.5. The Morgan fingerprint density at radius 1 is 0.397 bits per heavy atom. The zero-order chi connectivity index (χ0) is 38.6. The highest BCUT2D eigenvalue weighted by Crippen LogP contribution is 2.47. The van der Waals surface area contributed by atoms with Crippen LogP contribution in [0.1, 0.15) is 5.56 Å². The van der Waals surface area contributed by atoms with E-state index in [9.17, 15) is 0 Å². The summed E-state index contributed by atoms with van der Waals surface area (Å²) in [6, 6.07) is 76.2. The van der Waals surface area contributed by atoms with E-state index in [2.05, 4.69) is 223 Å². The van der Waals surface area contributed by atoms with Crippen molar-refractivity contribution in [1.82, 2.24) is 4.57 Å². The Hall–Kier alpha value is -7.62. The number of anilines is 3. The van der Waals surface area contributed by atoms with Crippen molar-refractivity contribution in [2.75, 3.05) is 4.90 Å². The monoisotopic (exact) mass is 742 g/mol. The summed E-state index contributed by atoms with van der Waals surface area (Å²) in [6.45, 7) is 2.20. The predicted octanol–water partition coefficient (Wildman–Crippen LogP) is 15.5. The minimum atomic E-state index is 0.873. The molecule has 9 aromatic carbocycles. The van der Waals surface area contributed by atoms with Crippen LogP contribution in [0.2, 0.25) is 0 Å². The van der Waals surface area contributed by atoms with Gasteiger partial charge in [0, 0.05) is 49.7 Å². The number of furan rings is 1. The van der Waals surface area contributed by atoms with Crippen LogP contribution in [-0.4, -0.2) is 4.57 Å². The molecule has 0 atom stereocenters. The molecule has 2 aromatic heterocycles. The zero-order valence-corrected chi connectivity index (χ0v) is 32.0. The molecule has 0 fully saturated rings. The summed E-state index contributed by atoms with van der Waals surface area (Å²) in [6.07, 6.45) is 0. The summed E-state index contributed by atoms with van der Waals surface area (Å²) < 4.78 is 9.13. The highest BCUT2D eigenvalue weighted by molar-refractivity contribution is 6.12. The van der Waals surface area contributed by atoms with Gasteiger partial charge in [0.1, 0.15) is 11.2 Å². The summed E-state index contributed by atoms with van der Waals surface area (Å²) in [4.78, 5) is 2.43. The molecule has 0 amide bonds. The van der Waals surface area contributed by atoms with Crippen LogP contribution in [-0.2, 0) is 0 Å². The van der Waals surface area contributed by atoms with Gasteiger partial charge in [0.25, 0.3) is 0 Å². The lowest BCUT2D eigenvalue weighted by Gasteiger charge is -2.30. The predicted molar refractivity (Wildman–Crippen MR) is 244 cm³/mol. The van der Waals surface area contributed by atoms with Crippen LogP contribution in [0.3, 0.4) is 0 Å².